The molecule has 210 valence electrons. The third kappa shape index (κ3) is 5.48. The molecule has 0 aliphatic carbocycles. The van der Waals surface area contributed by atoms with Gasteiger partial charge in [0.2, 0.25) is 0 Å². The Morgan fingerprint density at radius 1 is 1.12 bits per heavy atom. The Balaban J connectivity index is 1.60. The molecule has 0 spiro atoms. The zero-order chi connectivity index (χ0) is 29.3. The number of thiazole rings is 1. The van der Waals surface area contributed by atoms with E-state index in [-0.39, 0.29) is 28.3 Å². The molecule has 1 aliphatic heterocycles. The van der Waals surface area contributed by atoms with E-state index in [4.69, 9.17) is 25.5 Å². The molecule has 4 aromatic rings. The number of carboxylic acids is 1. The molecule has 9 nitrogen and oxygen atoms in total. The molecule has 2 aromatic heterocycles. The van der Waals surface area contributed by atoms with Gasteiger partial charge >= 0.3 is 11.9 Å². The summed E-state index contributed by atoms with van der Waals surface area (Å²) in [5.74, 6) is -0.218. The van der Waals surface area contributed by atoms with Crippen LogP contribution in [-0.2, 0) is 9.53 Å². The van der Waals surface area contributed by atoms with E-state index < -0.39 is 18.0 Å². The fourth-order valence-corrected chi connectivity index (χ4v) is 5.80. The zero-order valence-electron chi connectivity index (χ0n) is 22.3. The lowest BCUT2D eigenvalue weighted by molar-refractivity contribution is -0.139. The minimum Gasteiger partial charge on any atom is -0.494 e. The van der Waals surface area contributed by atoms with Gasteiger partial charge in [-0.2, -0.15) is 0 Å². The molecule has 1 unspecified atom stereocenters. The Bertz CT molecular complexity index is 1870. The SMILES string of the molecule is CCOC(=O)C1=C(C)N=c2s/c(=C\c3ccc(-c4ccc(Cl)c(C(=O)O)c4)o3)c(=O)n2C1c1ccc(OCC)cc1. The second kappa shape index (κ2) is 11.6. The van der Waals surface area contributed by atoms with Gasteiger partial charge in [0.25, 0.3) is 5.56 Å². The van der Waals surface area contributed by atoms with E-state index in [1.165, 1.54) is 28.0 Å². The lowest BCUT2D eigenvalue weighted by Crippen LogP contribution is -2.39. The fourth-order valence-electron chi connectivity index (χ4n) is 4.58. The number of hydrogen-bond donors (Lipinski definition) is 1. The van der Waals surface area contributed by atoms with Crippen LogP contribution >= 0.6 is 22.9 Å². The molecular formula is C30H25ClN2O7S. The summed E-state index contributed by atoms with van der Waals surface area (Å²) in [6.45, 7) is 6.02. The normalized spacial score (nSPS) is 14.9. The molecule has 0 radical (unpaired) electrons. The Morgan fingerprint density at radius 3 is 2.56 bits per heavy atom. The van der Waals surface area contributed by atoms with Gasteiger partial charge in [-0.05, 0) is 68.8 Å². The molecule has 0 fully saturated rings. The highest BCUT2D eigenvalue weighted by molar-refractivity contribution is 7.07. The number of allylic oxidation sites excluding steroid dienone is 1. The average molecular weight is 593 g/mol. The number of aromatic carboxylic acids is 1. The minimum absolute atomic E-state index is 0.0440. The Labute approximate surface area is 243 Å². The molecule has 0 saturated heterocycles. The maximum atomic E-state index is 13.8. The lowest BCUT2D eigenvalue weighted by Gasteiger charge is -2.24. The van der Waals surface area contributed by atoms with Crippen molar-refractivity contribution in [1.82, 2.24) is 4.57 Å². The number of ether oxygens (including phenoxy) is 2. The van der Waals surface area contributed by atoms with Crippen LogP contribution in [0.3, 0.4) is 0 Å². The first-order valence-corrected chi connectivity index (χ1v) is 14.0. The van der Waals surface area contributed by atoms with Crippen molar-refractivity contribution in [2.24, 2.45) is 4.99 Å². The molecule has 1 atom stereocenters. The van der Waals surface area contributed by atoms with E-state index in [1.54, 1.807) is 50.3 Å². The van der Waals surface area contributed by atoms with Gasteiger partial charge in [0.05, 0.1) is 45.6 Å². The third-order valence-electron chi connectivity index (χ3n) is 6.41. The summed E-state index contributed by atoms with van der Waals surface area (Å²) in [6, 6.07) is 14.4. The predicted molar refractivity (Wildman–Crippen MR) is 154 cm³/mol. The molecular weight excluding hydrogens is 568 g/mol. The molecule has 0 amide bonds. The van der Waals surface area contributed by atoms with Crippen LogP contribution in [-0.4, -0.2) is 34.8 Å². The highest BCUT2D eigenvalue weighted by atomic mass is 35.5. The molecule has 3 heterocycles. The number of carbonyl (C=O) groups excluding carboxylic acids is 1. The molecule has 11 heteroatoms. The summed E-state index contributed by atoms with van der Waals surface area (Å²) in [4.78, 5) is 43.4. The number of hydrogen-bond acceptors (Lipinski definition) is 8. The number of furan rings is 1. The van der Waals surface area contributed by atoms with Crippen LogP contribution in [0.25, 0.3) is 17.4 Å². The van der Waals surface area contributed by atoms with Crippen molar-refractivity contribution in [3.63, 3.8) is 0 Å². The zero-order valence-corrected chi connectivity index (χ0v) is 23.9. The van der Waals surface area contributed by atoms with E-state index >= 15 is 0 Å². The maximum Gasteiger partial charge on any atom is 0.338 e. The highest BCUT2D eigenvalue weighted by Crippen LogP contribution is 2.32. The van der Waals surface area contributed by atoms with Gasteiger partial charge in [-0.15, -0.1) is 0 Å². The van der Waals surface area contributed by atoms with Gasteiger partial charge in [0.15, 0.2) is 4.80 Å². The van der Waals surface area contributed by atoms with Crippen LogP contribution in [0.5, 0.6) is 5.75 Å². The molecule has 1 N–H and O–H groups in total. The smallest absolute Gasteiger partial charge is 0.338 e. The van der Waals surface area contributed by atoms with Crippen molar-refractivity contribution >= 4 is 41.0 Å². The molecule has 41 heavy (non-hydrogen) atoms. The molecule has 5 rings (SSSR count). The standard InChI is InChI=1S/C30H25ClN2O7S/c1-4-38-19-9-6-17(7-10-19)26-25(29(37)39-5-2)16(3)32-30-33(26)27(34)24(41-30)15-20-11-13-23(40-20)18-8-12-22(31)21(14-18)28(35)36/h6-15,26H,4-5H2,1-3H3,(H,35,36)/b24-15-. The van der Waals surface area contributed by atoms with E-state index in [9.17, 15) is 19.5 Å². The average Bonchev–Trinajstić information content (AvgIpc) is 3.53. The maximum absolute atomic E-state index is 13.8. The monoisotopic (exact) mass is 592 g/mol. The van der Waals surface area contributed by atoms with Crippen molar-refractivity contribution in [3.05, 3.63) is 107 Å². The summed E-state index contributed by atoms with van der Waals surface area (Å²) in [5.41, 5.74) is 1.59. The van der Waals surface area contributed by atoms with Gasteiger partial charge < -0.3 is 19.0 Å². The third-order valence-corrected chi connectivity index (χ3v) is 7.72. The number of nitrogens with zero attached hydrogens (tertiary/aromatic N) is 2. The summed E-state index contributed by atoms with van der Waals surface area (Å²) in [5, 5.41) is 9.51. The first-order chi connectivity index (χ1) is 19.7. The van der Waals surface area contributed by atoms with Crippen LogP contribution in [0.4, 0.5) is 0 Å². The van der Waals surface area contributed by atoms with Crippen LogP contribution in [0.2, 0.25) is 5.02 Å². The van der Waals surface area contributed by atoms with Crippen LogP contribution in [0.15, 0.2) is 80.1 Å². The van der Waals surface area contributed by atoms with E-state index in [1.807, 2.05) is 19.1 Å². The number of benzene rings is 2. The summed E-state index contributed by atoms with van der Waals surface area (Å²) >= 11 is 7.17. The Morgan fingerprint density at radius 2 is 1.88 bits per heavy atom. The van der Waals surface area contributed by atoms with Gasteiger partial charge in [0, 0.05) is 11.6 Å². The quantitative estimate of drug-likeness (QED) is 0.292. The summed E-state index contributed by atoms with van der Waals surface area (Å²) in [7, 11) is 0. The van der Waals surface area contributed by atoms with Crippen LogP contribution in [0.1, 0.15) is 48.5 Å². The fraction of sp³-hybridized carbons (Fsp3) is 0.200. The lowest BCUT2D eigenvalue weighted by atomic mass is 9.96. The van der Waals surface area contributed by atoms with Crippen LogP contribution < -0.4 is 19.6 Å². The number of aromatic nitrogens is 1. The van der Waals surface area contributed by atoms with Crippen molar-refractivity contribution in [2.45, 2.75) is 26.8 Å². The Kier molecular flexibility index (Phi) is 7.96. The number of carboxylic acid groups (broad SMARTS) is 1. The molecule has 2 aromatic carbocycles. The first-order valence-electron chi connectivity index (χ1n) is 12.8. The van der Waals surface area contributed by atoms with Gasteiger partial charge in [-0.25, -0.2) is 14.6 Å². The number of halogens is 1. The van der Waals surface area contributed by atoms with Crippen molar-refractivity contribution in [2.75, 3.05) is 13.2 Å². The first kappa shape index (κ1) is 28.1. The molecule has 0 saturated carbocycles. The van der Waals surface area contributed by atoms with Crippen molar-refractivity contribution < 1.29 is 28.6 Å². The van der Waals surface area contributed by atoms with E-state index in [0.717, 1.165) is 0 Å². The molecule has 1 aliphatic rings. The van der Waals surface area contributed by atoms with E-state index in [0.29, 0.717) is 50.0 Å². The Hall–Kier alpha value is -4.41. The summed E-state index contributed by atoms with van der Waals surface area (Å²) < 4.78 is 18.7. The minimum atomic E-state index is -1.15. The van der Waals surface area contributed by atoms with Gasteiger partial charge in [0.1, 0.15) is 17.3 Å². The van der Waals surface area contributed by atoms with Crippen molar-refractivity contribution in [3.8, 4) is 17.1 Å². The van der Waals surface area contributed by atoms with Crippen LogP contribution in [0, 0.1) is 0 Å². The largest absolute Gasteiger partial charge is 0.494 e. The van der Waals surface area contributed by atoms with E-state index in [2.05, 4.69) is 4.99 Å². The van der Waals surface area contributed by atoms with Gasteiger partial charge in [-0.1, -0.05) is 35.1 Å². The number of carbonyl (C=O) groups is 2. The highest BCUT2D eigenvalue weighted by Gasteiger charge is 2.33. The van der Waals surface area contributed by atoms with Crippen molar-refractivity contribution in [1.29, 1.82) is 0 Å². The second-order valence-corrected chi connectivity index (χ2v) is 10.4. The topological polar surface area (TPSA) is 120 Å². The van der Waals surface area contributed by atoms with Gasteiger partial charge in [-0.3, -0.25) is 9.36 Å². The molecule has 0 bridgehead atoms. The number of rotatable bonds is 8. The predicted octanol–water partition coefficient (Wildman–Crippen LogP) is 4.81. The summed E-state index contributed by atoms with van der Waals surface area (Å²) in [6.07, 6.45) is 1.60. The number of esters is 1. The second-order valence-electron chi connectivity index (χ2n) is 9.01. The number of fused-ring (bicyclic) bond motifs is 1.